The van der Waals surface area contributed by atoms with Gasteiger partial charge in [-0.05, 0) is 54.9 Å². The largest absolute Gasteiger partial charge is 0.288 e. The number of halogens is 1. The van der Waals surface area contributed by atoms with Gasteiger partial charge in [0.2, 0.25) is 0 Å². The first-order chi connectivity index (χ1) is 13.9. The van der Waals surface area contributed by atoms with Crippen molar-refractivity contribution in [3.8, 4) is 0 Å². The number of unbranched alkanes of at least 4 members (excludes halogenated alkanes) is 1. The smallest absolute Gasteiger partial charge is 0.286 e. The van der Waals surface area contributed by atoms with Crippen LogP contribution in [0.4, 0.5) is 11.4 Å². The molecule has 0 atom stereocenters. The minimum absolute atomic E-state index is 0.0637. The molecule has 1 saturated heterocycles. The summed E-state index contributed by atoms with van der Waals surface area (Å²) >= 11 is 7.15. The van der Waals surface area contributed by atoms with Crippen LogP contribution in [0.5, 0.6) is 0 Å². The summed E-state index contributed by atoms with van der Waals surface area (Å²) in [5.41, 5.74) is 2.27. The van der Waals surface area contributed by atoms with Crippen molar-refractivity contribution in [3.05, 3.63) is 73.6 Å². The maximum atomic E-state index is 13.0. The Morgan fingerprint density at radius 3 is 2.62 bits per heavy atom. The highest BCUT2D eigenvalue weighted by Gasteiger charge is 2.33. The number of nitro groups is 1. The first-order valence-corrected chi connectivity index (χ1v) is 10.4. The molecule has 1 heterocycles. The molecule has 29 heavy (non-hydrogen) atoms. The lowest BCUT2D eigenvalue weighted by atomic mass is 10.2. The van der Waals surface area contributed by atoms with Crippen LogP contribution < -0.4 is 0 Å². The quantitative estimate of drug-likeness (QED) is 0.322. The zero-order valence-corrected chi connectivity index (χ0v) is 17.7. The molecule has 0 aliphatic carbocycles. The van der Waals surface area contributed by atoms with Gasteiger partial charge in [-0.2, -0.15) is 0 Å². The van der Waals surface area contributed by atoms with Gasteiger partial charge in [0.15, 0.2) is 5.17 Å². The Morgan fingerprint density at radius 2 is 1.97 bits per heavy atom. The van der Waals surface area contributed by atoms with Crippen molar-refractivity contribution in [3.63, 3.8) is 0 Å². The van der Waals surface area contributed by atoms with Gasteiger partial charge in [0, 0.05) is 12.6 Å². The molecular weight excluding hydrogens is 410 g/mol. The molecule has 2 aromatic carbocycles. The molecule has 0 radical (unpaired) electrons. The predicted octanol–water partition coefficient (Wildman–Crippen LogP) is 5.96. The number of rotatable bonds is 6. The van der Waals surface area contributed by atoms with Crippen LogP contribution in [0.3, 0.4) is 0 Å². The van der Waals surface area contributed by atoms with Crippen molar-refractivity contribution in [1.82, 2.24) is 4.90 Å². The number of hydrogen-bond donors (Lipinski definition) is 0. The summed E-state index contributed by atoms with van der Waals surface area (Å²) in [5, 5.41) is 11.8. The van der Waals surface area contributed by atoms with E-state index in [4.69, 9.17) is 11.6 Å². The average Bonchev–Trinajstić information content (AvgIpc) is 2.97. The van der Waals surface area contributed by atoms with Crippen molar-refractivity contribution in [2.24, 2.45) is 4.99 Å². The van der Waals surface area contributed by atoms with Gasteiger partial charge in [-0.25, -0.2) is 4.99 Å². The van der Waals surface area contributed by atoms with Crippen LogP contribution in [0.25, 0.3) is 6.08 Å². The Bertz CT molecular complexity index is 1000. The highest BCUT2D eigenvalue weighted by atomic mass is 35.5. The van der Waals surface area contributed by atoms with E-state index < -0.39 is 4.92 Å². The Labute approximate surface area is 178 Å². The lowest BCUT2D eigenvalue weighted by Gasteiger charge is -2.14. The lowest BCUT2D eigenvalue weighted by Crippen LogP contribution is -2.30. The third-order valence-corrected chi connectivity index (χ3v) is 5.67. The summed E-state index contributed by atoms with van der Waals surface area (Å²) in [6.07, 6.45) is 3.46. The fraction of sp³-hybridized carbons (Fsp3) is 0.238. The zero-order chi connectivity index (χ0) is 21.0. The van der Waals surface area contributed by atoms with Gasteiger partial charge in [-0.3, -0.25) is 19.8 Å². The summed E-state index contributed by atoms with van der Waals surface area (Å²) in [6.45, 7) is 4.64. The van der Waals surface area contributed by atoms with Gasteiger partial charge in [-0.1, -0.05) is 48.7 Å². The second-order valence-electron chi connectivity index (χ2n) is 6.62. The highest BCUT2D eigenvalue weighted by Crippen LogP contribution is 2.35. The summed E-state index contributed by atoms with van der Waals surface area (Å²) in [4.78, 5) is 30.3. The van der Waals surface area contributed by atoms with Gasteiger partial charge in [-0.15, -0.1) is 0 Å². The van der Waals surface area contributed by atoms with Crippen LogP contribution in [-0.4, -0.2) is 27.4 Å². The summed E-state index contributed by atoms with van der Waals surface area (Å²) in [7, 11) is 0. The van der Waals surface area contributed by atoms with Crippen LogP contribution in [0.1, 0.15) is 30.9 Å². The molecule has 1 aliphatic rings. The van der Waals surface area contributed by atoms with Crippen LogP contribution in [0.2, 0.25) is 5.02 Å². The van der Waals surface area contributed by atoms with Gasteiger partial charge in [0.05, 0.1) is 15.5 Å². The molecule has 0 N–H and O–H groups in total. The molecule has 6 nitrogen and oxygen atoms in total. The van der Waals surface area contributed by atoms with E-state index in [0.29, 0.717) is 22.2 Å². The first-order valence-electron chi connectivity index (χ1n) is 9.19. The topological polar surface area (TPSA) is 75.8 Å². The first kappa shape index (κ1) is 21.1. The van der Waals surface area contributed by atoms with Crippen molar-refractivity contribution in [1.29, 1.82) is 0 Å². The SMILES string of the molecule is CCCCN1C(=O)/C(=C\c2ccc(Cl)c([N+](=O)[O-])c2)SC1=Nc1ccc(C)cc1. The summed E-state index contributed by atoms with van der Waals surface area (Å²) < 4.78 is 0. The summed E-state index contributed by atoms with van der Waals surface area (Å²) in [6, 6.07) is 12.3. The fourth-order valence-corrected chi connectivity index (χ4v) is 3.96. The van der Waals surface area contributed by atoms with E-state index in [0.717, 1.165) is 24.1 Å². The van der Waals surface area contributed by atoms with Crippen molar-refractivity contribution < 1.29 is 9.72 Å². The molecular formula is C21H20ClN3O3S. The minimum Gasteiger partial charge on any atom is -0.286 e. The van der Waals surface area contributed by atoms with Gasteiger partial charge in [0.1, 0.15) is 5.02 Å². The Hall–Kier alpha value is -2.64. The van der Waals surface area contributed by atoms with E-state index in [1.807, 2.05) is 31.2 Å². The molecule has 3 rings (SSSR count). The number of amides is 1. The maximum absolute atomic E-state index is 13.0. The molecule has 8 heteroatoms. The Kier molecular flexibility index (Phi) is 6.71. The molecule has 1 amide bonds. The average molecular weight is 430 g/mol. The van der Waals surface area contributed by atoms with E-state index in [1.165, 1.54) is 23.9 Å². The summed E-state index contributed by atoms with van der Waals surface area (Å²) in [5.74, 6) is -0.146. The maximum Gasteiger partial charge on any atom is 0.288 e. The molecule has 0 spiro atoms. The van der Waals surface area contributed by atoms with Crippen LogP contribution in [0, 0.1) is 17.0 Å². The number of thioether (sulfide) groups is 1. The molecule has 150 valence electrons. The monoisotopic (exact) mass is 429 g/mol. The third-order valence-electron chi connectivity index (χ3n) is 4.35. The molecule has 1 aliphatic heterocycles. The lowest BCUT2D eigenvalue weighted by molar-refractivity contribution is -0.384. The normalized spacial score (nSPS) is 16.8. The Morgan fingerprint density at radius 1 is 1.24 bits per heavy atom. The van der Waals surface area contributed by atoms with E-state index in [9.17, 15) is 14.9 Å². The second-order valence-corrected chi connectivity index (χ2v) is 8.04. The van der Waals surface area contributed by atoms with Gasteiger partial charge < -0.3 is 0 Å². The second kappa shape index (κ2) is 9.24. The van der Waals surface area contributed by atoms with Crippen molar-refractivity contribution >= 4 is 51.9 Å². The van der Waals surface area contributed by atoms with E-state index in [2.05, 4.69) is 11.9 Å². The third kappa shape index (κ3) is 5.05. The molecule has 0 bridgehead atoms. The predicted molar refractivity (Wildman–Crippen MR) is 119 cm³/mol. The molecule has 1 fully saturated rings. The fourth-order valence-electron chi connectivity index (χ4n) is 2.75. The number of aryl methyl sites for hydroxylation is 1. The van der Waals surface area contributed by atoms with Crippen molar-refractivity contribution in [2.45, 2.75) is 26.7 Å². The standard InChI is InChI=1S/C21H20ClN3O3S/c1-3-4-11-24-20(26)19(13-15-7-10-17(22)18(12-15)25(27)28)29-21(24)23-16-8-5-14(2)6-9-16/h5-10,12-13H,3-4,11H2,1-2H3/b19-13+,23-21?. The Balaban J connectivity index is 1.95. The van der Waals surface area contributed by atoms with Crippen molar-refractivity contribution in [2.75, 3.05) is 6.54 Å². The van der Waals surface area contributed by atoms with Gasteiger partial charge >= 0.3 is 0 Å². The number of carbonyl (C=O) groups is 1. The zero-order valence-electron chi connectivity index (χ0n) is 16.1. The minimum atomic E-state index is -0.536. The van der Waals surface area contributed by atoms with E-state index >= 15 is 0 Å². The number of aliphatic imine (C=N–C) groups is 1. The highest BCUT2D eigenvalue weighted by molar-refractivity contribution is 8.18. The van der Waals surface area contributed by atoms with Crippen LogP contribution in [-0.2, 0) is 4.79 Å². The number of nitrogens with zero attached hydrogens (tertiary/aromatic N) is 3. The molecule has 0 unspecified atom stereocenters. The molecule has 0 aromatic heterocycles. The number of carbonyl (C=O) groups excluding carboxylic acids is 1. The number of nitro benzene ring substituents is 1. The molecule has 2 aromatic rings. The van der Waals surface area contributed by atoms with E-state index in [1.54, 1.807) is 17.0 Å². The number of amidine groups is 1. The van der Waals surface area contributed by atoms with Gasteiger partial charge in [0.25, 0.3) is 11.6 Å². The van der Waals surface area contributed by atoms with Crippen LogP contribution in [0.15, 0.2) is 52.4 Å². The molecule has 0 saturated carbocycles. The van der Waals surface area contributed by atoms with Crippen LogP contribution >= 0.6 is 23.4 Å². The van der Waals surface area contributed by atoms with E-state index in [-0.39, 0.29) is 16.6 Å². The number of benzene rings is 2. The number of hydrogen-bond acceptors (Lipinski definition) is 5.